The van der Waals surface area contributed by atoms with E-state index >= 15 is 0 Å². The highest BCUT2D eigenvalue weighted by atomic mass is 16.7. The van der Waals surface area contributed by atoms with Gasteiger partial charge in [0, 0.05) is 23.9 Å². The molecule has 6 rings (SSSR count). The SMILES string of the molecule is O=C1[C@H]2CCC[C@@H]1[C@H](c1ccc3c(c1)OCO3)N[C@@H]2c1ccc2c(c1)OCO2. The van der Waals surface area contributed by atoms with Gasteiger partial charge in [-0.2, -0.15) is 0 Å². The van der Waals surface area contributed by atoms with Crippen LogP contribution in [0.1, 0.15) is 42.5 Å². The van der Waals surface area contributed by atoms with Crippen LogP contribution in [0.5, 0.6) is 23.0 Å². The number of rotatable bonds is 2. The van der Waals surface area contributed by atoms with Crippen LogP contribution in [0.25, 0.3) is 0 Å². The van der Waals surface area contributed by atoms with Gasteiger partial charge in [0.25, 0.3) is 0 Å². The van der Waals surface area contributed by atoms with E-state index in [1.54, 1.807) is 0 Å². The van der Waals surface area contributed by atoms with Crippen molar-refractivity contribution in [2.45, 2.75) is 31.3 Å². The van der Waals surface area contributed by atoms with Crippen molar-refractivity contribution in [3.8, 4) is 23.0 Å². The Labute approximate surface area is 162 Å². The number of piperidine rings is 1. The zero-order valence-corrected chi connectivity index (χ0v) is 15.4. The van der Waals surface area contributed by atoms with Gasteiger partial charge in [-0.05, 0) is 48.2 Å². The molecule has 1 N–H and O–H groups in total. The lowest BCUT2D eigenvalue weighted by Crippen LogP contribution is -2.50. The number of nitrogens with one attached hydrogen (secondary N) is 1. The molecular weight excluding hydrogens is 358 g/mol. The lowest BCUT2D eigenvalue weighted by Gasteiger charge is -2.45. The molecule has 2 aromatic rings. The number of carbonyl (C=O) groups excluding carboxylic acids is 1. The summed E-state index contributed by atoms with van der Waals surface area (Å²) in [5.74, 6) is 3.41. The Kier molecular flexibility index (Phi) is 3.56. The number of ketones is 1. The van der Waals surface area contributed by atoms with Gasteiger partial charge in [0.15, 0.2) is 23.0 Å². The molecule has 3 heterocycles. The molecule has 0 amide bonds. The molecule has 0 spiro atoms. The minimum Gasteiger partial charge on any atom is -0.454 e. The smallest absolute Gasteiger partial charge is 0.231 e. The standard InChI is InChI=1S/C22H21NO5/c24-22-14-2-1-3-15(22)21(13-5-7-17-19(9-13)28-11-26-17)23-20(14)12-4-6-16-18(8-12)27-10-25-16/h4-9,14-15,20-21,23H,1-3,10-11H2/t14-,15+,20+,21-. The first-order chi connectivity index (χ1) is 13.8. The Morgan fingerprint density at radius 2 is 1.21 bits per heavy atom. The van der Waals surface area contributed by atoms with Gasteiger partial charge in [-0.15, -0.1) is 0 Å². The first kappa shape index (κ1) is 16.2. The summed E-state index contributed by atoms with van der Waals surface area (Å²) in [4.78, 5) is 13.3. The Morgan fingerprint density at radius 1 is 0.714 bits per heavy atom. The van der Waals surface area contributed by atoms with E-state index in [-0.39, 0.29) is 37.5 Å². The predicted molar refractivity (Wildman–Crippen MR) is 99.6 cm³/mol. The molecule has 4 aliphatic rings. The zero-order valence-electron chi connectivity index (χ0n) is 15.4. The third-order valence-electron chi connectivity index (χ3n) is 6.44. The normalized spacial score (nSPS) is 29.8. The van der Waals surface area contributed by atoms with E-state index in [0.29, 0.717) is 5.78 Å². The van der Waals surface area contributed by atoms with Crippen LogP contribution in [0.3, 0.4) is 0 Å². The number of carbonyl (C=O) groups is 1. The van der Waals surface area contributed by atoms with Crippen LogP contribution in [-0.2, 0) is 4.79 Å². The fourth-order valence-corrected chi connectivity index (χ4v) is 5.08. The van der Waals surface area contributed by atoms with Gasteiger partial charge in [0.2, 0.25) is 13.6 Å². The summed E-state index contributed by atoms with van der Waals surface area (Å²) in [6.07, 6.45) is 2.93. The van der Waals surface area contributed by atoms with Crippen molar-refractivity contribution < 1.29 is 23.7 Å². The van der Waals surface area contributed by atoms with Crippen LogP contribution in [0.15, 0.2) is 36.4 Å². The molecule has 0 radical (unpaired) electrons. The molecule has 6 heteroatoms. The average molecular weight is 379 g/mol. The van der Waals surface area contributed by atoms with Gasteiger partial charge in [0.05, 0.1) is 0 Å². The van der Waals surface area contributed by atoms with Gasteiger partial charge in [-0.3, -0.25) is 4.79 Å². The number of hydrogen-bond acceptors (Lipinski definition) is 6. The minimum absolute atomic E-state index is 0.00406. The van der Waals surface area contributed by atoms with Gasteiger partial charge < -0.3 is 24.3 Å². The topological polar surface area (TPSA) is 66.0 Å². The van der Waals surface area contributed by atoms with Crippen LogP contribution in [0.4, 0.5) is 0 Å². The van der Waals surface area contributed by atoms with Crippen molar-refractivity contribution in [3.05, 3.63) is 47.5 Å². The molecule has 2 fully saturated rings. The predicted octanol–water partition coefficient (Wildman–Crippen LogP) is 3.52. The molecule has 2 bridgehead atoms. The summed E-state index contributed by atoms with van der Waals surface area (Å²) in [6.45, 7) is 0.502. The summed E-state index contributed by atoms with van der Waals surface area (Å²) in [5.41, 5.74) is 2.15. The van der Waals surface area contributed by atoms with Gasteiger partial charge >= 0.3 is 0 Å². The Balaban J connectivity index is 1.38. The van der Waals surface area contributed by atoms with Crippen LogP contribution in [-0.4, -0.2) is 19.4 Å². The molecule has 6 nitrogen and oxygen atoms in total. The van der Waals surface area contributed by atoms with Crippen molar-refractivity contribution in [2.75, 3.05) is 13.6 Å². The first-order valence-corrected chi connectivity index (χ1v) is 9.87. The molecule has 0 aromatic heterocycles. The van der Waals surface area contributed by atoms with Crippen LogP contribution < -0.4 is 24.3 Å². The second-order valence-electron chi connectivity index (χ2n) is 7.89. The first-order valence-electron chi connectivity index (χ1n) is 9.87. The largest absolute Gasteiger partial charge is 0.454 e. The Hall–Kier alpha value is -2.73. The van der Waals surface area contributed by atoms with Crippen LogP contribution >= 0.6 is 0 Å². The highest BCUT2D eigenvalue weighted by Crippen LogP contribution is 2.48. The van der Waals surface area contributed by atoms with E-state index in [4.69, 9.17) is 18.9 Å². The van der Waals surface area contributed by atoms with Crippen molar-refractivity contribution in [1.82, 2.24) is 5.32 Å². The van der Waals surface area contributed by atoms with E-state index in [0.717, 1.165) is 53.4 Å². The molecule has 1 aliphatic carbocycles. The summed E-state index contributed by atoms with van der Waals surface area (Å²) in [7, 11) is 0. The number of benzene rings is 2. The van der Waals surface area contributed by atoms with E-state index in [2.05, 4.69) is 5.32 Å². The molecular formula is C22H21NO5. The maximum absolute atomic E-state index is 13.3. The quantitative estimate of drug-likeness (QED) is 0.861. The lowest BCUT2D eigenvalue weighted by atomic mass is 9.67. The molecule has 1 saturated heterocycles. The number of Topliss-reactive ketones (excluding diaryl/α,β-unsaturated/α-hetero) is 1. The Morgan fingerprint density at radius 3 is 1.75 bits per heavy atom. The van der Waals surface area contributed by atoms with Crippen molar-refractivity contribution in [2.24, 2.45) is 11.8 Å². The average Bonchev–Trinajstić information content (AvgIpc) is 3.36. The minimum atomic E-state index is -0.0334. The molecule has 4 atom stereocenters. The fraction of sp³-hybridized carbons (Fsp3) is 0.409. The molecule has 2 aromatic carbocycles. The maximum atomic E-state index is 13.3. The molecule has 144 valence electrons. The van der Waals surface area contributed by atoms with Crippen molar-refractivity contribution >= 4 is 5.78 Å². The molecule has 0 unspecified atom stereocenters. The van der Waals surface area contributed by atoms with Crippen molar-refractivity contribution in [3.63, 3.8) is 0 Å². The monoisotopic (exact) mass is 379 g/mol. The maximum Gasteiger partial charge on any atom is 0.231 e. The lowest BCUT2D eigenvalue weighted by molar-refractivity contribution is -0.135. The summed E-state index contributed by atoms with van der Waals surface area (Å²) >= 11 is 0. The van der Waals surface area contributed by atoms with E-state index in [1.165, 1.54) is 0 Å². The number of hydrogen-bond donors (Lipinski definition) is 1. The van der Waals surface area contributed by atoms with Crippen LogP contribution in [0.2, 0.25) is 0 Å². The summed E-state index contributed by atoms with van der Waals surface area (Å²) < 4.78 is 22.0. The molecule has 3 aliphatic heterocycles. The van der Waals surface area contributed by atoms with Gasteiger partial charge in [-0.25, -0.2) is 0 Å². The van der Waals surface area contributed by atoms with E-state index in [1.807, 2.05) is 36.4 Å². The summed E-state index contributed by atoms with van der Waals surface area (Å²) in [6, 6.07) is 11.9. The molecule has 1 saturated carbocycles. The van der Waals surface area contributed by atoms with E-state index < -0.39 is 0 Å². The van der Waals surface area contributed by atoms with E-state index in [9.17, 15) is 4.79 Å². The fourth-order valence-electron chi connectivity index (χ4n) is 5.08. The van der Waals surface area contributed by atoms with Crippen molar-refractivity contribution in [1.29, 1.82) is 0 Å². The van der Waals surface area contributed by atoms with Crippen LogP contribution in [0, 0.1) is 11.8 Å². The second kappa shape index (κ2) is 6.14. The highest BCUT2D eigenvalue weighted by Gasteiger charge is 2.46. The third kappa shape index (κ3) is 2.41. The third-order valence-corrected chi connectivity index (χ3v) is 6.44. The Bertz CT molecular complexity index is 884. The number of ether oxygens (including phenoxy) is 4. The number of fused-ring (bicyclic) bond motifs is 4. The highest BCUT2D eigenvalue weighted by molar-refractivity contribution is 5.87. The second-order valence-corrected chi connectivity index (χ2v) is 7.89. The summed E-state index contributed by atoms with van der Waals surface area (Å²) in [5, 5.41) is 3.79. The van der Waals surface area contributed by atoms with Gasteiger partial charge in [0.1, 0.15) is 5.78 Å². The molecule has 28 heavy (non-hydrogen) atoms. The van der Waals surface area contributed by atoms with Gasteiger partial charge in [-0.1, -0.05) is 18.6 Å². The zero-order chi connectivity index (χ0) is 18.7.